The van der Waals surface area contributed by atoms with Crippen molar-refractivity contribution in [3.05, 3.63) is 59.1 Å². The van der Waals surface area contributed by atoms with E-state index in [0.29, 0.717) is 25.4 Å². The van der Waals surface area contributed by atoms with Crippen LogP contribution in [0, 0.1) is 5.41 Å². The minimum atomic E-state index is -4.04. The van der Waals surface area contributed by atoms with Gasteiger partial charge in [0, 0.05) is 29.3 Å². The number of hydrogen-bond donors (Lipinski definition) is 1. The Bertz CT molecular complexity index is 1050. The van der Waals surface area contributed by atoms with Gasteiger partial charge in [0.25, 0.3) is 10.0 Å². The van der Waals surface area contributed by atoms with Gasteiger partial charge in [-0.05, 0) is 24.6 Å². The minimum Gasteiger partial charge on any atom is -0.489 e. The van der Waals surface area contributed by atoms with Gasteiger partial charge < -0.3 is 10.1 Å². The third kappa shape index (κ3) is 5.73. The molecule has 0 radical (unpaired) electrons. The minimum absolute atomic E-state index is 0.0455. The molecule has 0 fully saturated rings. The Morgan fingerprint density at radius 3 is 2.63 bits per heavy atom. The highest BCUT2D eigenvalue weighted by molar-refractivity contribution is 7.90. The highest BCUT2D eigenvalue weighted by Crippen LogP contribution is 2.27. The van der Waals surface area contributed by atoms with Gasteiger partial charge in [-0.2, -0.15) is 13.5 Å². The Morgan fingerprint density at radius 2 is 2.00 bits per heavy atom. The number of hydrogen-bond acceptors (Lipinski definition) is 4. The zero-order valence-electron chi connectivity index (χ0n) is 17.2. The molecule has 0 saturated carbocycles. The molecule has 1 N–H and O–H groups in total. The van der Waals surface area contributed by atoms with Crippen molar-refractivity contribution < 1.29 is 13.2 Å². The second-order valence-corrected chi connectivity index (χ2v) is 9.65. The molecule has 0 aromatic heterocycles. The van der Waals surface area contributed by atoms with Crippen LogP contribution in [0.1, 0.15) is 26.3 Å². The fourth-order valence-electron chi connectivity index (χ4n) is 2.83. The number of nitrogens with zero attached hydrogens (tertiary/aromatic N) is 3. The van der Waals surface area contributed by atoms with E-state index in [2.05, 4.69) is 14.8 Å². The van der Waals surface area contributed by atoms with Gasteiger partial charge in [-0.1, -0.05) is 55.8 Å². The number of nitrogens with one attached hydrogen (secondary N) is 1. The summed E-state index contributed by atoms with van der Waals surface area (Å²) in [5.74, 6) is 0.525. The van der Waals surface area contributed by atoms with Crippen LogP contribution in [-0.4, -0.2) is 38.7 Å². The van der Waals surface area contributed by atoms with Crippen molar-refractivity contribution >= 4 is 33.8 Å². The van der Waals surface area contributed by atoms with E-state index in [-0.39, 0.29) is 21.3 Å². The van der Waals surface area contributed by atoms with Gasteiger partial charge in [0.1, 0.15) is 12.4 Å². The maximum Gasteiger partial charge on any atom is 0.285 e. The quantitative estimate of drug-likeness (QED) is 0.535. The molecule has 0 saturated heterocycles. The largest absolute Gasteiger partial charge is 0.489 e. The Hall–Kier alpha value is -2.58. The van der Waals surface area contributed by atoms with Crippen molar-refractivity contribution in [3.63, 3.8) is 0 Å². The van der Waals surface area contributed by atoms with Crippen LogP contribution in [0.2, 0.25) is 5.02 Å². The van der Waals surface area contributed by atoms with Crippen LogP contribution >= 0.6 is 11.6 Å². The predicted octanol–water partition coefficient (Wildman–Crippen LogP) is 3.90. The van der Waals surface area contributed by atoms with Gasteiger partial charge in [0.15, 0.2) is 0 Å². The SMILES string of the molecule is CCN/C(=N/S(=O)(=O)c1cc(Cl)cc(OCc2ccccc2)c1)N1CC(C)(C)C=N1. The first-order valence-electron chi connectivity index (χ1n) is 9.57. The summed E-state index contributed by atoms with van der Waals surface area (Å²) in [6, 6.07) is 13.9. The topological polar surface area (TPSA) is 83.4 Å². The molecule has 30 heavy (non-hydrogen) atoms. The zero-order chi connectivity index (χ0) is 21.8. The molecule has 7 nitrogen and oxygen atoms in total. The fourth-order valence-corrected chi connectivity index (χ4v) is 4.15. The van der Waals surface area contributed by atoms with Crippen LogP contribution in [0.25, 0.3) is 0 Å². The summed E-state index contributed by atoms with van der Waals surface area (Å²) in [5, 5.41) is 9.07. The van der Waals surface area contributed by atoms with Crippen LogP contribution in [0.15, 0.2) is 62.9 Å². The standard InChI is InChI=1S/C21H25ClN4O3S/c1-4-23-20(26-15-21(2,3)14-24-26)25-30(27,28)19-11-17(22)10-18(12-19)29-13-16-8-6-5-7-9-16/h5-12,14H,4,13,15H2,1-3H3,(H,23,25). The number of sulfonamides is 1. The summed E-state index contributed by atoms with van der Waals surface area (Å²) in [4.78, 5) is -0.0455. The first-order valence-corrected chi connectivity index (χ1v) is 11.4. The Kier molecular flexibility index (Phi) is 6.67. The van der Waals surface area contributed by atoms with Crippen molar-refractivity contribution in [2.24, 2.45) is 14.9 Å². The van der Waals surface area contributed by atoms with Gasteiger partial charge in [0.05, 0.1) is 11.4 Å². The maximum atomic E-state index is 13.0. The molecule has 0 amide bonds. The molecular formula is C21H25ClN4O3S. The zero-order valence-corrected chi connectivity index (χ0v) is 18.7. The lowest BCUT2D eigenvalue weighted by atomic mass is 9.97. The van der Waals surface area contributed by atoms with Gasteiger partial charge >= 0.3 is 0 Å². The molecule has 1 aliphatic rings. The molecular weight excluding hydrogens is 424 g/mol. The number of halogens is 1. The van der Waals surface area contributed by atoms with E-state index in [9.17, 15) is 8.42 Å². The summed E-state index contributed by atoms with van der Waals surface area (Å²) >= 11 is 6.16. The van der Waals surface area contributed by atoms with Crippen molar-refractivity contribution in [3.8, 4) is 5.75 Å². The molecule has 9 heteroatoms. The van der Waals surface area contributed by atoms with E-state index in [4.69, 9.17) is 16.3 Å². The van der Waals surface area contributed by atoms with Crippen molar-refractivity contribution in [1.29, 1.82) is 0 Å². The van der Waals surface area contributed by atoms with Gasteiger partial charge in [-0.3, -0.25) is 0 Å². The average Bonchev–Trinajstić information content (AvgIpc) is 3.06. The fraction of sp³-hybridized carbons (Fsp3) is 0.333. The molecule has 0 atom stereocenters. The molecule has 2 aromatic rings. The van der Waals surface area contributed by atoms with Crippen molar-refractivity contribution in [1.82, 2.24) is 10.3 Å². The van der Waals surface area contributed by atoms with Crippen molar-refractivity contribution in [2.75, 3.05) is 13.1 Å². The average molecular weight is 449 g/mol. The molecule has 1 aliphatic heterocycles. The van der Waals surface area contributed by atoms with Crippen LogP contribution < -0.4 is 10.1 Å². The lowest BCUT2D eigenvalue weighted by Crippen LogP contribution is -2.39. The maximum absolute atomic E-state index is 13.0. The van der Waals surface area contributed by atoms with E-state index < -0.39 is 10.0 Å². The number of rotatable bonds is 6. The van der Waals surface area contributed by atoms with Gasteiger partial charge in [0.2, 0.25) is 5.96 Å². The van der Waals surface area contributed by atoms with E-state index in [1.807, 2.05) is 51.1 Å². The lowest BCUT2D eigenvalue weighted by molar-refractivity contribution is 0.305. The highest BCUT2D eigenvalue weighted by atomic mass is 35.5. The first kappa shape index (κ1) is 22.1. The molecule has 0 spiro atoms. The Morgan fingerprint density at radius 1 is 1.27 bits per heavy atom. The highest BCUT2D eigenvalue weighted by Gasteiger charge is 2.29. The molecule has 160 valence electrons. The third-order valence-corrected chi connectivity index (χ3v) is 5.74. The van der Waals surface area contributed by atoms with E-state index >= 15 is 0 Å². The Balaban J connectivity index is 1.86. The van der Waals surface area contributed by atoms with Crippen molar-refractivity contribution in [2.45, 2.75) is 32.3 Å². The molecule has 2 aromatic carbocycles. The summed E-state index contributed by atoms with van der Waals surface area (Å²) in [6.07, 6.45) is 1.78. The predicted molar refractivity (Wildman–Crippen MR) is 120 cm³/mol. The third-order valence-electron chi connectivity index (χ3n) is 4.28. The molecule has 0 bridgehead atoms. The molecule has 0 unspecified atom stereocenters. The second kappa shape index (κ2) is 9.06. The van der Waals surface area contributed by atoms with E-state index in [0.717, 1.165) is 5.56 Å². The van der Waals surface area contributed by atoms with E-state index in [1.165, 1.54) is 12.1 Å². The normalized spacial score (nSPS) is 16.0. The van der Waals surface area contributed by atoms with Crippen LogP contribution in [0.4, 0.5) is 0 Å². The number of benzene rings is 2. The van der Waals surface area contributed by atoms with Crippen LogP contribution in [0.3, 0.4) is 0 Å². The Labute approximate surface area is 182 Å². The van der Waals surface area contributed by atoms with Crippen LogP contribution in [0.5, 0.6) is 5.75 Å². The summed E-state index contributed by atoms with van der Waals surface area (Å²) < 4.78 is 35.7. The number of hydrazone groups is 1. The molecule has 3 rings (SSSR count). The number of ether oxygens (including phenoxy) is 1. The smallest absolute Gasteiger partial charge is 0.285 e. The molecule has 0 aliphatic carbocycles. The van der Waals surface area contributed by atoms with Gasteiger partial charge in [-0.25, -0.2) is 5.01 Å². The summed E-state index contributed by atoms with van der Waals surface area (Å²) in [6.45, 7) is 7.22. The van der Waals surface area contributed by atoms with E-state index in [1.54, 1.807) is 17.3 Å². The van der Waals surface area contributed by atoms with Gasteiger partial charge in [-0.15, -0.1) is 4.40 Å². The monoisotopic (exact) mass is 448 g/mol. The lowest BCUT2D eigenvalue weighted by Gasteiger charge is -2.21. The van der Waals surface area contributed by atoms with Crippen LogP contribution in [-0.2, 0) is 16.6 Å². The first-order chi connectivity index (χ1) is 14.2. The number of guanidine groups is 1. The second-order valence-electron chi connectivity index (χ2n) is 7.61. The summed E-state index contributed by atoms with van der Waals surface area (Å²) in [5.41, 5.74) is 0.790. The summed E-state index contributed by atoms with van der Waals surface area (Å²) in [7, 11) is -4.04. The molecule has 1 heterocycles.